The van der Waals surface area contributed by atoms with Crippen LogP contribution < -0.4 is 9.64 Å². The number of nitrogens with zero attached hydrogens (tertiary/aromatic N) is 4. The molecule has 1 saturated carbocycles. The normalized spacial score (nSPS) is 20.8. The van der Waals surface area contributed by atoms with E-state index in [1.807, 2.05) is 0 Å². The van der Waals surface area contributed by atoms with Gasteiger partial charge in [-0.2, -0.15) is 16.3 Å². The lowest BCUT2D eigenvalue weighted by Crippen LogP contribution is -2.40. The second-order valence-electron chi connectivity index (χ2n) is 7.25. The van der Waals surface area contributed by atoms with Crippen molar-refractivity contribution in [3.63, 3.8) is 0 Å². The number of aromatic nitrogens is 2. The van der Waals surface area contributed by atoms with Crippen LogP contribution in [0.15, 0.2) is 29.1 Å². The highest BCUT2D eigenvalue weighted by molar-refractivity contribution is 7.07. The van der Waals surface area contributed by atoms with E-state index in [4.69, 9.17) is 4.74 Å². The summed E-state index contributed by atoms with van der Waals surface area (Å²) in [5.41, 5.74) is 1.51. The van der Waals surface area contributed by atoms with Gasteiger partial charge >= 0.3 is 0 Å². The van der Waals surface area contributed by atoms with Crippen LogP contribution in [0.4, 0.5) is 5.95 Å². The predicted octanol–water partition coefficient (Wildman–Crippen LogP) is 2.95. The second kappa shape index (κ2) is 6.87. The number of methoxy groups -OCH3 is 1. The number of anilines is 1. The Morgan fingerprint density at radius 1 is 1.42 bits per heavy atom. The van der Waals surface area contributed by atoms with Gasteiger partial charge in [-0.15, -0.1) is 0 Å². The minimum atomic E-state index is 0.177. The van der Waals surface area contributed by atoms with Crippen LogP contribution in [0.1, 0.15) is 31.7 Å². The van der Waals surface area contributed by atoms with Crippen molar-refractivity contribution in [2.45, 2.75) is 38.8 Å². The zero-order valence-electron chi connectivity index (χ0n) is 15.2. The van der Waals surface area contributed by atoms with Crippen LogP contribution in [0, 0.1) is 5.41 Å². The molecule has 0 unspecified atom stereocenters. The molecule has 7 heteroatoms. The lowest BCUT2D eigenvalue weighted by Gasteiger charge is -2.34. The molecule has 0 bridgehead atoms. The van der Waals surface area contributed by atoms with E-state index in [1.165, 1.54) is 5.56 Å². The van der Waals surface area contributed by atoms with Crippen LogP contribution >= 0.6 is 11.3 Å². The Bertz CT molecular complexity index is 772. The fraction of sp³-hybridized carbons (Fsp3) is 0.526. The van der Waals surface area contributed by atoms with Crippen LogP contribution in [0.25, 0.3) is 0 Å². The van der Waals surface area contributed by atoms with E-state index in [2.05, 4.69) is 36.6 Å². The standard InChI is InChI=1S/C19H24N4O2S/c1-14(24)23(12-15-4-10-26-13-15)16-11-19(16)5-8-22(9-6-19)18-20-7-3-17(21-18)25-2/h3-4,7,10,13,16H,5-6,8-9,11-12H2,1-2H3/t16-/m0/s1. The molecule has 6 nitrogen and oxygen atoms in total. The van der Waals surface area contributed by atoms with Gasteiger partial charge in [0.2, 0.25) is 17.7 Å². The van der Waals surface area contributed by atoms with Crippen molar-refractivity contribution in [1.82, 2.24) is 14.9 Å². The third-order valence-electron chi connectivity index (χ3n) is 5.73. The molecule has 2 aromatic heterocycles. The lowest BCUT2D eigenvalue weighted by atomic mass is 9.92. The zero-order valence-corrected chi connectivity index (χ0v) is 16.0. The van der Waals surface area contributed by atoms with Gasteiger partial charge in [-0.1, -0.05) is 0 Å². The maximum Gasteiger partial charge on any atom is 0.228 e. The number of hydrogen-bond acceptors (Lipinski definition) is 6. The third kappa shape index (κ3) is 3.28. The van der Waals surface area contributed by atoms with Crippen molar-refractivity contribution in [1.29, 1.82) is 0 Å². The molecular weight excluding hydrogens is 348 g/mol. The molecule has 1 aliphatic carbocycles. The molecule has 2 fully saturated rings. The Labute approximate surface area is 157 Å². The van der Waals surface area contributed by atoms with E-state index in [9.17, 15) is 4.79 Å². The molecule has 1 aliphatic heterocycles. The Morgan fingerprint density at radius 2 is 2.23 bits per heavy atom. The summed E-state index contributed by atoms with van der Waals surface area (Å²) in [5, 5.41) is 4.21. The molecule has 3 heterocycles. The Hall–Kier alpha value is -2.15. The number of ether oxygens (including phenoxy) is 1. The highest BCUT2D eigenvalue weighted by Crippen LogP contribution is 2.57. The predicted molar refractivity (Wildman–Crippen MR) is 101 cm³/mol. The number of piperidine rings is 1. The Morgan fingerprint density at radius 3 is 2.88 bits per heavy atom. The van der Waals surface area contributed by atoms with Gasteiger partial charge in [0.25, 0.3) is 0 Å². The molecule has 1 saturated heterocycles. The van der Waals surface area contributed by atoms with E-state index in [-0.39, 0.29) is 11.3 Å². The van der Waals surface area contributed by atoms with Gasteiger partial charge in [-0.3, -0.25) is 4.79 Å². The highest BCUT2D eigenvalue weighted by atomic mass is 32.1. The molecule has 4 rings (SSSR count). The minimum absolute atomic E-state index is 0.177. The number of carbonyl (C=O) groups is 1. The maximum absolute atomic E-state index is 12.2. The summed E-state index contributed by atoms with van der Waals surface area (Å²) in [6.07, 6.45) is 5.00. The molecule has 0 aromatic carbocycles. The van der Waals surface area contributed by atoms with Crippen molar-refractivity contribution < 1.29 is 9.53 Å². The van der Waals surface area contributed by atoms with Crippen LogP contribution in [0.5, 0.6) is 5.88 Å². The first-order valence-corrected chi connectivity index (χ1v) is 9.96. The van der Waals surface area contributed by atoms with Crippen molar-refractivity contribution in [2.24, 2.45) is 5.41 Å². The van der Waals surface area contributed by atoms with E-state index >= 15 is 0 Å². The SMILES string of the molecule is COc1ccnc(N2CCC3(CC2)C[C@@H]3N(Cc2ccsc2)C(C)=O)n1. The summed E-state index contributed by atoms with van der Waals surface area (Å²) in [6, 6.07) is 4.24. The first kappa shape index (κ1) is 17.3. The van der Waals surface area contributed by atoms with Crippen LogP contribution in [0.3, 0.4) is 0 Å². The molecule has 0 N–H and O–H groups in total. The quantitative estimate of drug-likeness (QED) is 0.808. The van der Waals surface area contributed by atoms with Crippen molar-refractivity contribution in [2.75, 3.05) is 25.1 Å². The van der Waals surface area contributed by atoms with E-state index < -0.39 is 0 Å². The average molecular weight is 372 g/mol. The van der Waals surface area contributed by atoms with Crippen molar-refractivity contribution in [3.05, 3.63) is 34.7 Å². The van der Waals surface area contributed by atoms with Gasteiger partial charge in [0.05, 0.1) is 7.11 Å². The highest BCUT2D eigenvalue weighted by Gasteiger charge is 2.58. The first-order chi connectivity index (χ1) is 12.6. The number of rotatable bonds is 5. The average Bonchev–Trinajstić information content (AvgIpc) is 3.09. The monoisotopic (exact) mass is 372 g/mol. The minimum Gasteiger partial charge on any atom is -0.481 e. The van der Waals surface area contributed by atoms with Crippen molar-refractivity contribution in [3.8, 4) is 5.88 Å². The zero-order chi connectivity index (χ0) is 18.1. The third-order valence-corrected chi connectivity index (χ3v) is 6.46. The van der Waals surface area contributed by atoms with E-state index in [1.54, 1.807) is 37.6 Å². The number of carbonyl (C=O) groups excluding carboxylic acids is 1. The van der Waals surface area contributed by atoms with Gasteiger partial charge < -0.3 is 14.5 Å². The summed E-state index contributed by atoms with van der Waals surface area (Å²) >= 11 is 1.68. The van der Waals surface area contributed by atoms with Crippen LogP contribution in [0.2, 0.25) is 0 Å². The molecule has 1 spiro atoms. The number of thiophene rings is 1. The van der Waals surface area contributed by atoms with E-state index in [0.29, 0.717) is 11.9 Å². The lowest BCUT2D eigenvalue weighted by molar-refractivity contribution is -0.130. The van der Waals surface area contributed by atoms with Gasteiger partial charge in [0.1, 0.15) is 0 Å². The van der Waals surface area contributed by atoms with E-state index in [0.717, 1.165) is 44.8 Å². The Balaban J connectivity index is 1.40. The summed E-state index contributed by atoms with van der Waals surface area (Å²) in [4.78, 5) is 25.3. The molecule has 2 aliphatic rings. The fourth-order valence-corrected chi connectivity index (χ4v) is 4.73. The van der Waals surface area contributed by atoms with Gasteiger partial charge in [-0.05, 0) is 47.1 Å². The number of amides is 1. The molecule has 2 aromatic rings. The molecular formula is C19H24N4O2S. The summed E-state index contributed by atoms with van der Waals surface area (Å²) in [6.45, 7) is 4.27. The number of hydrogen-bond donors (Lipinski definition) is 0. The maximum atomic E-state index is 12.2. The molecule has 0 radical (unpaired) electrons. The molecule has 26 heavy (non-hydrogen) atoms. The van der Waals surface area contributed by atoms with Gasteiger partial charge in [0, 0.05) is 44.9 Å². The smallest absolute Gasteiger partial charge is 0.228 e. The van der Waals surface area contributed by atoms with Crippen LogP contribution in [-0.4, -0.2) is 47.0 Å². The van der Waals surface area contributed by atoms with Crippen molar-refractivity contribution >= 4 is 23.2 Å². The summed E-state index contributed by atoms with van der Waals surface area (Å²) < 4.78 is 5.20. The van der Waals surface area contributed by atoms with Gasteiger partial charge in [0.15, 0.2) is 0 Å². The second-order valence-corrected chi connectivity index (χ2v) is 8.03. The van der Waals surface area contributed by atoms with Gasteiger partial charge in [-0.25, -0.2) is 4.98 Å². The topological polar surface area (TPSA) is 58.6 Å². The first-order valence-electron chi connectivity index (χ1n) is 9.01. The largest absolute Gasteiger partial charge is 0.481 e. The molecule has 138 valence electrons. The molecule has 1 amide bonds. The summed E-state index contributed by atoms with van der Waals surface area (Å²) in [5.74, 6) is 1.51. The summed E-state index contributed by atoms with van der Waals surface area (Å²) in [7, 11) is 1.62. The molecule has 1 atom stereocenters. The van der Waals surface area contributed by atoms with Crippen LogP contribution in [-0.2, 0) is 11.3 Å². The Kier molecular flexibility index (Phi) is 4.56. The fourth-order valence-electron chi connectivity index (χ4n) is 4.08.